The first-order valence-electron chi connectivity index (χ1n) is 12.2. The van der Waals surface area contributed by atoms with Crippen molar-refractivity contribution in [3.05, 3.63) is 108 Å². The zero-order valence-electron chi connectivity index (χ0n) is 20.0. The van der Waals surface area contributed by atoms with E-state index in [-0.39, 0.29) is 18.2 Å². The van der Waals surface area contributed by atoms with Crippen molar-refractivity contribution in [3.63, 3.8) is 0 Å². The normalized spacial score (nSPS) is 21.2. The van der Waals surface area contributed by atoms with Gasteiger partial charge in [0.15, 0.2) is 0 Å². The van der Waals surface area contributed by atoms with Gasteiger partial charge in [-0.1, -0.05) is 54.6 Å². The van der Waals surface area contributed by atoms with Crippen molar-refractivity contribution in [2.24, 2.45) is 0 Å². The van der Waals surface area contributed by atoms with Gasteiger partial charge in [-0.25, -0.2) is 13.6 Å². The summed E-state index contributed by atoms with van der Waals surface area (Å²) in [4.78, 5) is 29.5. The van der Waals surface area contributed by atoms with E-state index in [4.69, 9.17) is 4.74 Å². The highest BCUT2D eigenvalue weighted by molar-refractivity contribution is 7.99. The molecule has 3 aromatic carbocycles. The average Bonchev–Trinajstić information content (AvgIpc) is 3.04. The highest BCUT2D eigenvalue weighted by Crippen LogP contribution is 2.47. The van der Waals surface area contributed by atoms with Gasteiger partial charge >= 0.3 is 6.09 Å². The summed E-state index contributed by atoms with van der Waals surface area (Å²) in [5.41, 5.74) is 1.47. The van der Waals surface area contributed by atoms with E-state index in [9.17, 15) is 14.0 Å². The second-order valence-corrected chi connectivity index (χ2v) is 10.2. The van der Waals surface area contributed by atoms with Gasteiger partial charge in [0.2, 0.25) is 0 Å². The van der Waals surface area contributed by atoms with Gasteiger partial charge in [0, 0.05) is 10.5 Å². The molecule has 5 nitrogen and oxygen atoms in total. The third-order valence-corrected chi connectivity index (χ3v) is 7.88. The van der Waals surface area contributed by atoms with Gasteiger partial charge < -0.3 is 15.0 Å². The first kappa shape index (κ1) is 25.0. The van der Waals surface area contributed by atoms with E-state index in [0.717, 1.165) is 47.9 Å². The Morgan fingerprint density at radius 3 is 2.62 bits per heavy atom. The number of carbonyl (C=O) groups is 2. The first-order valence-corrected chi connectivity index (χ1v) is 13.1. The Balaban J connectivity index is 1.53. The third-order valence-electron chi connectivity index (χ3n) is 6.50. The van der Waals surface area contributed by atoms with Crippen LogP contribution in [0, 0.1) is 11.6 Å². The van der Waals surface area contributed by atoms with Crippen LogP contribution in [0.25, 0.3) is 0 Å². The summed E-state index contributed by atoms with van der Waals surface area (Å²) >= 11 is 1.23. The highest BCUT2D eigenvalue weighted by Gasteiger charge is 2.42. The van der Waals surface area contributed by atoms with E-state index < -0.39 is 34.9 Å². The molecule has 0 spiro atoms. The van der Waals surface area contributed by atoms with Crippen LogP contribution in [0.4, 0.5) is 19.3 Å². The number of anilines is 1. The number of carbonyl (C=O) groups excluding carboxylic acids is 2. The number of halogens is 2. The lowest BCUT2D eigenvalue weighted by Gasteiger charge is -2.34. The van der Waals surface area contributed by atoms with Gasteiger partial charge in [-0.2, -0.15) is 0 Å². The molecule has 0 saturated carbocycles. The van der Waals surface area contributed by atoms with Gasteiger partial charge in [-0.15, -0.1) is 11.8 Å². The van der Waals surface area contributed by atoms with E-state index >= 15 is 4.39 Å². The largest absolute Gasteiger partial charge is 0.445 e. The molecule has 0 fully saturated rings. The molecule has 8 heteroatoms. The fraction of sp³-hybridized carbons (Fsp3) is 0.241. The molecule has 1 aliphatic heterocycles. The molecular formula is C29H26F2N2O3S. The molecule has 190 valence electrons. The van der Waals surface area contributed by atoms with Gasteiger partial charge in [0.1, 0.15) is 24.3 Å². The van der Waals surface area contributed by atoms with Crippen molar-refractivity contribution in [1.29, 1.82) is 0 Å². The minimum absolute atomic E-state index is 0.00236. The van der Waals surface area contributed by atoms with E-state index in [1.54, 1.807) is 4.90 Å². The Bertz CT molecular complexity index is 1320. The highest BCUT2D eigenvalue weighted by atomic mass is 32.2. The standard InChI is InChI=1S/C29H26F2N2O3S/c30-20-15-16-23(31)22(17-20)27-26(32-29(35)36-18-19-9-3-1-4-10-19)28(34)33(21-11-5-2-6-12-21)24-13-7-8-14-25(24)37-27/h1,3-5,7-11,13-17,21,26-27H,2,6,12,18H2,(H,32,35)/t21?,26-,27-/m1/s1. The molecule has 1 aliphatic carbocycles. The zero-order chi connectivity index (χ0) is 25.8. The first-order chi connectivity index (χ1) is 18.0. The molecular weight excluding hydrogens is 494 g/mol. The minimum atomic E-state index is -1.20. The Morgan fingerprint density at radius 1 is 1.05 bits per heavy atom. The summed E-state index contributed by atoms with van der Waals surface area (Å²) in [5, 5.41) is 1.77. The van der Waals surface area contributed by atoms with Crippen molar-refractivity contribution in [1.82, 2.24) is 5.32 Å². The van der Waals surface area contributed by atoms with Crippen LogP contribution in [0.2, 0.25) is 0 Å². The maximum atomic E-state index is 15.1. The van der Waals surface area contributed by atoms with E-state index in [2.05, 4.69) is 5.32 Å². The second kappa shape index (κ2) is 11.2. The van der Waals surface area contributed by atoms with E-state index in [1.807, 2.05) is 66.7 Å². The number of nitrogens with one attached hydrogen (secondary N) is 1. The summed E-state index contributed by atoms with van der Waals surface area (Å²) in [6.07, 6.45) is 5.83. The van der Waals surface area contributed by atoms with Crippen LogP contribution in [-0.2, 0) is 16.1 Å². The fourth-order valence-electron chi connectivity index (χ4n) is 4.72. The SMILES string of the molecule is O=C(N[C@H]1C(=O)N(C2C=CCCC2)c2ccccc2S[C@@H]1c1cc(F)ccc1F)OCc1ccccc1. The number of ether oxygens (including phenoxy) is 1. The minimum Gasteiger partial charge on any atom is -0.445 e. The molecule has 0 aromatic heterocycles. The van der Waals surface area contributed by atoms with Crippen LogP contribution >= 0.6 is 11.8 Å². The predicted molar refractivity (Wildman–Crippen MR) is 139 cm³/mol. The van der Waals surface area contributed by atoms with Crippen molar-refractivity contribution < 1.29 is 23.1 Å². The van der Waals surface area contributed by atoms with Crippen LogP contribution in [0.1, 0.15) is 35.6 Å². The van der Waals surface area contributed by atoms with Crippen LogP contribution < -0.4 is 10.2 Å². The molecule has 1 N–H and O–H groups in total. The Labute approximate surface area is 218 Å². The number of nitrogens with zero attached hydrogens (tertiary/aromatic N) is 1. The van der Waals surface area contributed by atoms with E-state index in [0.29, 0.717) is 5.69 Å². The van der Waals surface area contributed by atoms with Crippen molar-refractivity contribution in [2.75, 3.05) is 4.90 Å². The molecule has 1 unspecified atom stereocenters. The number of allylic oxidation sites excluding steroid dienone is 1. The zero-order valence-corrected chi connectivity index (χ0v) is 20.8. The summed E-state index contributed by atoms with van der Waals surface area (Å²) in [5.74, 6) is -1.68. The van der Waals surface area contributed by atoms with E-state index in [1.165, 1.54) is 11.8 Å². The molecule has 0 saturated heterocycles. The molecule has 1 heterocycles. The van der Waals surface area contributed by atoms with Gasteiger partial charge in [-0.05, 0) is 55.2 Å². The summed E-state index contributed by atoms with van der Waals surface area (Å²) < 4.78 is 34.7. The number of amides is 2. The van der Waals surface area contributed by atoms with Gasteiger partial charge in [-0.3, -0.25) is 4.79 Å². The van der Waals surface area contributed by atoms with Gasteiger partial charge in [0.25, 0.3) is 5.91 Å². The lowest BCUT2D eigenvalue weighted by Crippen LogP contribution is -2.53. The molecule has 3 atom stereocenters. The van der Waals surface area contributed by atoms with Gasteiger partial charge in [0.05, 0.1) is 17.0 Å². The molecule has 5 rings (SSSR count). The Kier molecular flexibility index (Phi) is 7.55. The predicted octanol–water partition coefficient (Wildman–Crippen LogP) is 6.55. The number of hydrogen-bond donors (Lipinski definition) is 1. The summed E-state index contributed by atoms with van der Waals surface area (Å²) in [6.45, 7) is 0.00895. The smallest absolute Gasteiger partial charge is 0.408 e. The average molecular weight is 521 g/mol. The number of alkyl carbamates (subject to hydrolysis) is 1. The van der Waals surface area contributed by atoms with Crippen LogP contribution in [-0.4, -0.2) is 24.1 Å². The van der Waals surface area contributed by atoms with Crippen molar-refractivity contribution in [2.45, 2.75) is 48.1 Å². The monoisotopic (exact) mass is 520 g/mol. The van der Waals surface area contributed by atoms with Crippen LogP contribution in [0.15, 0.2) is 89.8 Å². The summed E-state index contributed by atoms with van der Waals surface area (Å²) in [7, 11) is 0. The Hall–Kier alpha value is -3.65. The molecule has 2 aliphatic rings. The number of para-hydroxylation sites is 1. The Morgan fingerprint density at radius 2 is 1.84 bits per heavy atom. The second-order valence-electron chi connectivity index (χ2n) is 8.99. The lowest BCUT2D eigenvalue weighted by atomic mass is 9.98. The molecule has 0 radical (unpaired) electrons. The quantitative estimate of drug-likeness (QED) is 0.388. The fourth-order valence-corrected chi connectivity index (χ4v) is 6.06. The molecule has 37 heavy (non-hydrogen) atoms. The van der Waals surface area contributed by atoms with Crippen molar-refractivity contribution >= 4 is 29.4 Å². The topological polar surface area (TPSA) is 58.6 Å². The number of hydrogen-bond acceptors (Lipinski definition) is 4. The number of benzene rings is 3. The third kappa shape index (κ3) is 5.54. The van der Waals surface area contributed by atoms with Crippen LogP contribution in [0.3, 0.4) is 0 Å². The number of rotatable bonds is 5. The number of thioether (sulfide) groups is 1. The molecule has 3 aromatic rings. The molecule has 2 amide bonds. The maximum Gasteiger partial charge on any atom is 0.408 e. The van der Waals surface area contributed by atoms with Crippen LogP contribution in [0.5, 0.6) is 0 Å². The lowest BCUT2D eigenvalue weighted by molar-refractivity contribution is -0.120. The number of fused-ring (bicyclic) bond motifs is 1. The maximum absolute atomic E-state index is 15.1. The molecule has 0 bridgehead atoms. The van der Waals surface area contributed by atoms with Crippen molar-refractivity contribution in [3.8, 4) is 0 Å². The summed E-state index contributed by atoms with van der Waals surface area (Å²) in [6, 6.07) is 18.3.